The Kier molecular flexibility index (Phi) is 11.0. The van der Waals surface area contributed by atoms with Gasteiger partial charge in [0.2, 0.25) is 0 Å². The number of hydrogen-bond acceptors (Lipinski definition) is 3. The SMILES string of the molecule is SCCCNCCOCI. The number of rotatable bonds is 7. The minimum Gasteiger partial charge on any atom is -0.370 e. The number of halogens is 1. The molecule has 0 aliphatic carbocycles. The number of nitrogens with one attached hydrogen (secondary N) is 1. The van der Waals surface area contributed by atoms with Gasteiger partial charge in [-0.2, -0.15) is 12.6 Å². The standard InChI is InChI=1S/C6H14INOS/c7-6-9-4-3-8-2-1-5-10/h8,10H,1-6H2. The van der Waals surface area contributed by atoms with E-state index in [1.54, 1.807) is 0 Å². The second-order valence-corrected chi connectivity index (χ2v) is 2.91. The van der Waals surface area contributed by atoms with Gasteiger partial charge >= 0.3 is 0 Å². The molecular weight excluding hydrogens is 261 g/mol. The van der Waals surface area contributed by atoms with Gasteiger partial charge in [0.15, 0.2) is 0 Å². The molecule has 0 aliphatic heterocycles. The van der Waals surface area contributed by atoms with E-state index in [0.717, 1.165) is 36.5 Å². The van der Waals surface area contributed by atoms with Crippen LogP contribution in [0, 0.1) is 0 Å². The van der Waals surface area contributed by atoms with E-state index in [9.17, 15) is 0 Å². The maximum Gasteiger partial charge on any atom is 0.0979 e. The minimum absolute atomic E-state index is 0.784. The summed E-state index contributed by atoms with van der Waals surface area (Å²) in [6, 6.07) is 0. The molecule has 0 aromatic carbocycles. The summed E-state index contributed by atoms with van der Waals surface area (Å²) in [6.07, 6.45) is 1.13. The summed E-state index contributed by atoms with van der Waals surface area (Å²) in [4.78, 5) is 0. The van der Waals surface area contributed by atoms with E-state index < -0.39 is 0 Å². The highest BCUT2D eigenvalue weighted by Crippen LogP contribution is 1.82. The van der Waals surface area contributed by atoms with Crippen LogP contribution in [0.25, 0.3) is 0 Å². The molecular formula is C6H14INOS. The molecule has 0 unspecified atom stereocenters. The first-order chi connectivity index (χ1) is 4.91. The zero-order chi connectivity index (χ0) is 7.66. The zero-order valence-corrected chi connectivity index (χ0v) is 9.03. The Balaban J connectivity index is 2.65. The second-order valence-electron chi connectivity index (χ2n) is 1.84. The van der Waals surface area contributed by atoms with Crippen LogP contribution in [0.1, 0.15) is 6.42 Å². The van der Waals surface area contributed by atoms with Crippen molar-refractivity contribution in [3.63, 3.8) is 0 Å². The van der Waals surface area contributed by atoms with Crippen LogP contribution in [0.15, 0.2) is 0 Å². The Labute approximate surface area is 81.6 Å². The number of alkyl halides is 1. The molecule has 0 amide bonds. The molecule has 62 valence electrons. The number of thiol groups is 1. The molecule has 0 aromatic rings. The molecule has 0 aliphatic rings. The average molecular weight is 275 g/mol. The summed E-state index contributed by atoms with van der Waals surface area (Å²) in [5.74, 6) is 0.958. The van der Waals surface area contributed by atoms with Crippen molar-refractivity contribution in [2.75, 3.05) is 30.1 Å². The molecule has 4 heteroatoms. The third kappa shape index (κ3) is 9.00. The molecule has 0 rings (SSSR count). The largest absolute Gasteiger partial charge is 0.370 e. The van der Waals surface area contributed by atoms with Crippen LogP contribution in [-0.4, -0.2) is 30.1 Å². The van der Waals surface area contributed by atoms with Gasteiger partial charge in [-0.25, -0.2) is 0 Å². The average Bonchev–Trinajstić information content (AvgIpc) is 1.97. The van der Waals surface area contributed by atoms with Gasteiger partial charge in [0.05, 0.1) is 11.2 Å². The van der Waals surface area contributed by atoms with Crippen molar-refractivity contribution in [2.24, 2.45) is 0 Å². The van der Waals surface area contributed by atoms with Crippen molar-refractivity contribution in [1.29, 1.82) is 0 Å². The molecule has 0 fully saturated rings. The number of ether oxygens (including phenoxy) is 1. The molecule has 2 nitrogen and oxygen atoms in total. The first kappa shape index (κ1) is 11.0. The Hall–Kier alpha value is 1.00. The summed E-state index contributed by atoms with van der Waals surface area (Å²) in [6.45, 7) is 2.82. The quantitative estimate of drug-likeness (QED) is 0.316. The van der Waals surface area contributed by atoms with Crippen LogP contribution in [0.4, 0.5) is 0 Å². The lowest BCUT2D eigenvalue weighted by molar-refractivity contribution is 0.192. The van der Waals surface area contributed by atoms with Crippen molar-refractivity contribution in [1.82, 2.24) is 5.32 Å². The van der Waals surface area contributed by atoms with Crippen molar-refractivity contribution < 1.29 is 4.74 Å². The van der Waals surface area contributed by atoms with Crippen LogP contribution >= 0.6 is 35.2 Å². The highest BCUT2D eigenvalue weighted by Gasteiger charge is 1.85. The highest BCUT2D eigenvalue weighted by atomic mass is 127. The van der Waals surface area contributed by atoms with Gasteiger partial charge in [-0.15, -0.1) is 0 Å². The predicted molar refractivity (Wildman–Crippen MR) is 56.2 cm³/mol. The molecule has 0 spiro atoms. The summed E-state index contributed by atoms with van der Waals surface area (Å²) in [5, 5.41) is 3.24. The summed E-state index contributed by atoms with van der Waals surface area (Å²) >= 11 is 6.29. The maximum absolute atomic E-state index is 5.12. The van der Waals surface area contributed by atoms with Gasteiger partial charge in [0.1, 0.15) is 0 Å². The lowest BCUT2D eigenvalue weighted by atomic mass is 10.5. The van der Waals surface area contributed by atoms with E-state index in [2.05, 4.69) is 40.5 Å². The van der Waals surface area contributed by atoms with Gasteiger partial charge in [-0.1, -0.05) is 22.6 Å². The van der Waals surface area contributed by atoms with Crippen molar-refractivity contribution in [2.45, 2.75) is 6.42 Å². The van der Waals surface area contributed by atoms with Gasteiger partial charge < -0.3 is 10.1 Å². The predicted octanol–water partition coefficient (Wildman–Crippen LogP) is 1.30. The Bertz CT molecular complexity index is 57.7. The van der Waals surface area contributed by atoms with Gasteiger partial charge in [-0.05, 0) is 18.7 Å². The maximum atomic E-state index is 5.12. The van der Waals surface area contributed by atoms with Crippen LogP contribution in [0.2, 0.25) is 0 Å². The third-order valence-corrected chi connectivity index (χ3v) is 1.77. The van der Waals surface area contributed by atoms with E-state index in [1.165, 1.54) is 0 Å². The molecule has 0 aromatic heterocycles. The van der Waals surface area contributed by atoms with Crippen LogP contribution in [0.5, 0.6) is 0 Å². The zero-order valence-electron chi connectivity index (χ0n) is 5.98. The van der Waals surface area contributed by atoms with Crippen molar-refractivity contribution >= 4 is 35.2 Å². The minimum atomic E-state index is 0.784. The Morgan fingerprint density at radius 3 is 2.80 bits per heavy atom. The van der Waals surface area contributed by atoms with E-state index in [1.807, 2.05) is 0 Å². The van der Waals surface area contributed by atoms with Crippen LogP contribution < -0.4 is 5.32 Å². The summed E-state index contributed by atoms with van der Waals surface area (Å²) in [7, 11) is 0. The van der Waals surface area contributed by atoms with E-state index in [-0.39, 0.29) is 0 Å². The topological polar surface area (TPSA) is 21.3 Å². The van der Waals surface area contributed by atoms with Crippen molar-refractivity contribution in [3.8, 4) is 0 Å². The summed E-state index contributed by atoms with van der Waals surface area (Å²) < 4.78 is 5.90. The van der Waals surface area contributed by atoms with E-state index in [4.69, 9.17) is 4.74 Å². The first-order valence-corrected chi connectivity index (χ1v) is 5.53. The monoisotopic (exact) mass is 275 g/mol. The van der Waals surface area contributed by atoms with Gasteiger partial charge in [0, 0.05) is 6.54 Å². The van der Waals surface area contributed by atoms with Crippen LogP contribution in [0.3, 0.4) is 0 Å². The Morgan fingerprint density at radius 2 is 2.20 bits per heavy atom. The van der Waals surface area contributed by atoms with E-state index >= 15 is 0 Å². The fourth-order valence-corrected chi connectivity index (χ4v) is 0.997. The molecule has 0 bridgehead atoms. The lowest BCUT2D eigenvalue weighted by Crippen LogP contribution is -2.20. The molecule has 0 saturated heterocycles. The summed E-state index contributed by atoms with van der Waals surface area (Å²) in [5.41, 5.74) is 0. The van der Waals surface area contributed by atoms with Gasteiger partial charge in [-0.3, -0.25) is 0 Å². The molecule has 0 saturated carbocycles. The fourth-order valence-electron chi connectivity index (χ4n) is 0.528. The van der Waals surface area contributed by atoms with E-state index in [0.29, 0.717) is 0 Å². The normalized spacial score (nSPS) is 10.2. The molecule has 10 heavy (non-hydrogen) atoms. The Morgan fingerprint density at radius 1 is 1.40 bits per heavy atom. The highest BCUT2D eigenvalue weighted by molar-refractivity contribution is 14.1. The first-order valence-electron chi connectivity index (χ1n) is 3.37. The molecule has 0 atom stereocenters. The lowest BCUT2D eigenvalue weighted by Gasteiger charge is -2.01. The molecule has 1 N–H and O–H groups in total. The molecule has 0 heterocycles. The van der Waals surface area contributed by atoms with Crippen molar-refractivity contribution in [3.05, 3.63) is 0 Å². The number of hydrogen-bond donors (Lipinski definition) is 2. The van der Waals surface area contributed by atoms with Gasteiger partial charge in [0.25, 0.3) is 0 Å². The fraction of sp³-hybridized carbons (Fsp3) is 1.00. The third-order valence-electron chi connectivity index (χ3n) is 1.01. The second kappa shape index (κ2) is 10.0. The molecule has 0 radical (unpaired) electrons. The smallest absolute Gasteiger partial charge is 0.0979 e. The van der Waals surface area contributed by atoms with Crippen LogP contribution in [-0.2, 0) is 4.74 Å².